The summed E-state index contributed by atoms with van der Waals surface area (Å²) >= 11 is 0. The van der Waals surface area contributed by atoms with Crippen molar-refractivity contribution in [2.75, 3.05) is 18.5 Å². The number of esters is 1. The molecule has 2 amide bonds. The number of nitrogens with zero attached hydrogens (tertiary/aromatic N) is 1. The van der Waals surface area contributed by atoms with Crippen LogP contribution in [-0.2, 0) is 11.2 Å². The molecule has 0 spiro atoms. The number of ether oxygens (including phenoxy) is 1. The molecular weight excluding hydrogens is 426 g/mol. The molecule has 0 bridgehead atoms. The molecule has 1 unspecified atom stereocenters. The molecule has 1 atom stereocenters. The number of aromatic amines is 1. The van der Waals surface area contributed by atoms with Crippen LogP contribution in [0, 0.1) is 6.92 Å². The van der Waals surface area contributed by atoms with Gasteiger partial charge in [-0.05, 0) is 49.6 Å². The van der Waals surface area contributed by atoms with Crippen molar-refractivity contribution in [3.05, 3.63) is 101 Å². The first-order valence-electron chi connectivity index (χ1n) is 11.6. The Kier molecular flexibility index (Phi) is 5.80. The fourth-order valence-electron chi connectivity index (χ4n) is 4.72. The van der Waals surface area contributed by atoms with Crippen LogP contribution in [0.2, 0.25) is 0 Å². The maximum atomic E-state index is 13.6. The number of nitrogens with one attached hydrogen (secondary N) is 2. The third-order valence-electron chi connectivity index (χ3n) is 6.35. The fraction of sp³-hybridized carbons (Fsp3) is 0.214. The molecule has 2 N–H and O–H groups in total. The minimum absolute atomic E-state index is 0.258. The summed E-state index contributed by atoms with van der Waals surface area (Å²) < 4.78 is 5.17. The predicted octanol–water partition coefficient (Wildman–Crippen LogP) is 5.83. The highest BCUT2D eigenvalue weighted by Crippen LogP contribution is 2.38. The maximum absolute atomic E-state index is 13.6. The van der Waals surface area contributed by atoms with Crippen molar-refractivity contribution >= 4 is 28.6 Å². The van der Waals surface area contributed by atoms with Gasteiger partial charge in [0.1, 0.15) is 0 Å². The number of aromatic nitrogens is 1. The van der Waals surface area contributed by atoms with Crippen molar-refractivity contribution in [1.29, 1.82) is 0 Å². The Morgan fingerprint density at radius 1 is 1.03 bits per heavy atom. The predicted molar refractivity (Wildman–Crippen MR) is 133 cm³/mol. The standard InChI is InChI=1S/C28H27N3O3/c1-3-34-27(32)22-9-5-7-11-24(22)30-28(33)31-17-16-21-20-8-4-6-10-23(20)29-25(21)26(31)19-14-12-18(2)13-15-19/h4-15,26,29H,3,16-17H2,1-2H3,(H,30,33). The van der Waals surface area contributed by atoms with Crippen LogP contribution in [0.1, 0.15) is 45.7 Å². The molecule has 6 nitrogen and oxygen atoms in total. The Hall–Kier alpha value is -4.06. The van der Waals surface area contributed by atoms with Crippen molar-refractivity contribution in [2.45, 2.75) is 26.3 Å². The minimum atomic E-state index is -0.454. The molecule has 0 fully saturated rings. The number of urea groups is 1. The molecule has 0 radical (unpaired) electrons. The Bertz CT molecular complexity index is 1360. The number of carbonyl (C=O) groups is 2. The Morgan fingerprint density at radius 3 is 2.56 bits per heavy atom. The molecule has 34 heavy (non-hydrogen) atoms. The number of hydrogen-bond acceptors (Lipinski definition) is 3. The van der Waals surface area contributed by atoms with Gasteiger partial charge in [-0.15, -0.1) is 0 Å². The van der Waals surface area contributed by atoms with Gasteiger partial charge in [0.2, 0.25) is 0 Å². The highest BCUT2D eigenvalue weighted by molar-refractivity contribution is 6.01. The van der Waals surface area contributed by atoms with Crippen LogP contribution >= 0.6 is 0 Å². The Balaban J connectivity index is 1.54. The number of rotatable bonds is 4. The van der Waals surface area contributed by atoms with Gasteiger partial charge >= 0.3 is 12.0 Å². The summed E-state index contributed by atoms with van der Waals surface area (Å²) in [6.45, 7) is 4.64. The van der Waals surface area contributed by atoms with Gasteiger partial charge in [0.15, 0.2) is 0 Å². The Morgan fingerprint density at radius 2 is 1.76 bits per heavy atom. The zero-order chi connectivity index (χ0) is 23.7. The van der Waals surface area contributed by atoms with Crippen molar-refractivity contribution in [3.63, 3.8) is 0 Å². The van der Waals surface area contributed by atoms with Crippen molar-refractivity contribution in [1.82, 2.24) is 9.88 Å². The highest BCUT2D eigenvalue weighted by Gasteiger charge is 2.35. The van der Waals surface area contributed by atoms with Gasteiger partial charge in [0.25, 0.3) is 0 Å². The van der Waals surface area contributed by atoms with E-state index in [-0.39, 0.29) is 18.7 Å². The molecule has 0 aliphatic carbocycles. The van der Waals surface area contributed by atoms with E-state index in [2.05, 4.69) is 53.6 Å². The second-order valence-corrected chi connectivity index (χ2v) is 8.52. The number of benzene rings is 3. The van der Waals surface area contributed by atoms with Crippen LogP contribution in [-0.4, -0.2) is 35.0 Å². The number of para-hydroxylation sites is 2. The van der Waals surface area contributed by atoms with Gasteiger partial charge in [0, 0.05) is 23.1 Å². The molecule has 1 aliphatic rings. The Labute approximate surface area is 198 Å². The average Bonchev–Trinajstić information content (AvgIpc) is 3.23. The van der Waals surface area contributed by atoms with E-state index in [0.717, 1.165) is 28.8 Å². The summed E-state index contributed by atoms with van der Waals surface area (Å²) in [7, 11) is 0. The molecule has 1 aromatic heterocycles. The summed E-state index contributed by atoms with van der Waals surface area (Å²) in [6, 6.07) is 23.0. The third kappa shape index (κ3) is 3.92. The lowest BCUT2D eigenvalue weighted by molar-refractivity contribution is 0.0527. The number of fused-ring (bicyclic) bond motifs is 3. The first kappa shape index (κ1) is 21.8. The first-order valence-corrected chi connectivity index (χ1v) is 11.6. The third-order valence-corrected chi connectivity index (χ3v) is 6.35. The number of aryl methyl sites for hydroxylation is 1. The molecule has 1 aliphatic heterocycles. The topological polar surface area (TPSA) is 74.4 Å². The zero-order valence-electron chi connectivity index (χ0n) is 19.3. The molecule has 0 saturated heterocycles. The summed E-state index contributed by atoms with van der Waals surface area (Å²) in [6.07, 6.45) is 0.745. The van der Waals surface area contributed by atoms with E-state index in [9.17, 15) is 9.59 Å². The summed E-state index contributed by atoms with van der Waals surface area (Å²) in [5, 5.41) is 4.16. The largest absolute Gasteiger partial charge is 0.462 e. The van der Waals surface area contributed by atoms with Gasteiger partial charge in [-0.2, -0.15) is 0 Å². The lowest BCUT2D eigenvalue weighted by Gasteiger charge is -2.36. The fourth-order valence-corrected chi connectivity index (χ4v) is 4.72. The average molecular weight is 454 g/mol. The van der Waals surface area contributed by atoms with E-state index < -0.39 is 5.97 Å². The highest BCUT2D eigenvalue weighted by atomic mass is 16.5. The molecule has 3 aromatic carbocycles. The molecule has 6 heteroatoms. The lowest BCUT2D eigenvalue weighted by atomic mass is 9.92. The van der Waals surface area contributed by atoms with Crippen LogP contribution in [0.25, 0.3) is 10.9 Å². The summed E-state index contributed by atoms with van der Waals surface area (Å²) in [5.41, 5.74) is 6.33. The molecule has 5 rings (SSSR count). The second kappa shape index (κ2) is 9.06. The number of H-pyrrole nitrogens is 1. The van der Waals surface area contributed by atoms with Gasteiger partial charge < -0.3 is 19.9 Å². The minimum Gasteiger partial charge on any atom is -0.462 e. The molecule has 172 valence electrons. The van der Waals surface area contributed by atoms with Crippen molar-refractivity contribution in [3.8, 4) is 0 Å². The second-order valence-electron chi connectivity index (χ2n) is 8.52. The van der Waals surface area contributed by atoms with Crippen LogP contribution in [0.4, 0.5) is 10.5 Å². The number of anilines is 1. The van der Waals surface area contributed by atoms with Crippen LogP contribution in [0.3, 0.4) is 0 Å². The lowest BCUT2D eigenvalue weighted by Crippen LogP contribution is -2.43. The van der Waals surface area contributed by atoms with Crippen LogP contribution in [0.5, 0.6) is 0 Å². The van der Waals surface area contributed by atoms with Gasteiger partial charge in [-0.1, -0.05) is 60.2 Å². The number of carbonyl (C=O) groups excluding carboxylic acids is 2. The number of hydrogen-bond donors (Lipinski definition) is 2. The van der Waals surface area contributed by atoms with E-state index in [0.29, 0.717) is 17.8 Å². The zero-order valence-corrected chi connectivity index (χ0v) is 19.3. The van der Waals surface area contributed by atoms with E-state index in [1.165, 1.54) is 10.9 Å². The van der Waals surface area contributed by atoms with Gasteiger partial charge in [-0.3, -0.25) is 0 Å². The summed E-state index contributed by atoms with van der Waals surface area (Å²) in [5.74, 6) is -0.454. The van der Waals surface area contributed by atoms with Crippen LogP contribution < -0.4 is 5.32 Å². The van der Waals surface area contributed by atoms with Crippen LogP contribution in [0.15, 0.2) is 72.8 Å². The SMILES string of the molecule is CCOC(=O)c1ccccc1NC(=O)N1CCc2c([nH]c3ccccc23)C1c1ccc(C)cc1. The first-order chi connectivity index (χ1) is 16.6. The molecule has 2 heterocycles. The monoisotopic (exact) mass is 453 g/mol. The number of amides is 2. The van der Waals surface area contributed by atoms with E-state index >= 15 is 0 Å². The quantitative estimate of drug-likeness (QED) is 0.382. The van der Waals surface area contributed by atoms with E-state index in [1.54, 1.807) is 31.2 Å². The van der Waals surface area contributed by atoms with Gasteiger partial charge in [-0.25, -0.2) is 9.59 Å². The molecule has 4 aromatic rings. The smallest absolute Gasteiger partial charge is 0.340 e. The van der Waals surface area contributed by atoms with Crippen molar-refractivity contribution < 1.29 is 14.3 Å². The van der Waals surface area contributed by atoms with E-state index in [4.69, 9.17) is 4.74 Å². The molecule has 0 saturated carbocycles. The normalized spacial score (nSPS) is 15.1. The summed E-state index contributed by atoms with van der Waals surface area (Å²) in [4.78, 5) is 31.5. The van der Waals surface area contributed by atoms with Gasteiger partial charge in [0.05, 0.1) is 23.9 Å². The maximum Gasteiger partial charge on any atom is 0.340 e. The van der Waals surface area contributed by atoms with E-state index in [1.807, 2.05) is 17.0 Å². The molecular formula is C28H27N3O3. The van der Waals surface area contributed by atoms with Crippen molar-refractivity contribution in [2.24, 2.45) is 0 Å².